The predicted molar refractivity (Wildman–Crippen MR) is 77.4 cm³/mol. The molecule has 1 N–H and O–H groups in total. The Morgan fingerprint density at radius 3 is 2.62 bits per heavy atom. The molecule has 0 radical (unpaired) electrons. The maximum atomic E-state index is 14.3. The predicted octanol–water partition coefficient (Wildman–Crippen LogP) is 3.42. The fourth-order valence-electron chi connectivity index (χ4n) is 3.75. The fourth-order valence-corrected chi connectivity index (χ4v) is 3.93. The molecule has 2 aliphatic rings. The molecule has 3 rings (SSSR count). The van der Waals surface area contributed by atoms with Crippen molar-refractivity contribution in [2.24, 2.45) is 11.8 Å². The van der Waals surface area contributed by atoms with Gasteiger partial charge >= 0.3 is 0 Å². The van der Waals surface area contributed by atoms with E-state index in [9.17, 15) is 14.0 Å². The van der Waals surface area contributed by atoms with Gasteiger partial charge in [-0.1, -0.05) is 36.6 Å². The molecular weight excluding hydrogens is 293 g/mol. The van der Waals surface area contributed by atoms with E-state index in [2.05, 4.69) is 5.32 Å². The first-order chi connectivity index (χ1) is 10.1. The maximum absolute atomic E-state index is 14.3. The average Bonchev–Trinajstić information content (AvgIpc) is 2.94. The van der Waals surface area contributed by atoms with Gasteiger partial charge in [-0.2, -0.15) is 0 Å². The molecule has 2 fully saturated rings. The first-order valence-corrected chi connectivity index (χ1v) is 7.73. The van der Waals surface area contributed by atoms with E-state index in [1.807, 2.05) is 0 Å². The van der Waals surface area contributed by atoms with Crippen LogP contribution in [0, 0.1) is 17.7 Å². The Morgan fingerprint density at radius 2 is 1.90 bits per heavy atom. The molecule has 3 nitrogen and oxygen atoms in total. The van der Waals surface area contributed by atoms with Gasteiger partial charge in [-0.05, 0) is 30.4 Å². The Balaban J connectivity index is 2.00. The number of carbonyl (C=O) groups is 2. The number of piperidine rings is 1. The lowest BCUT2D eigenvalue weighted by atomic mass is 9.73. The molecule has 1 aromatic carbocycles. The lowest BCUT2D eigenvalue weighted by molar-refractivity contribution is -0.138. The third-order valence-electron chi connectivity index (χ3n) is 4.69. The summed E-state index contributed by atoms with van der Waals surface area (Å²) in [4.78, 5) is 24.0. The van der Waals surface area contributed by atoms with Crippen LogP contribution in [-0.4, -0.2) is 11.8 Å². The topological polar surface area (TPSA) is 46.2 Å². The number of hydrogen-bond acceptors (Lipinski definition) is 2. The molecule has 2 atom stereocenters. The van der Waals surface area contributed by atoms with Gasteiger partial charge in [0, 0.05) is 18.3 Å². The number of hydrogen-bond donors (Lipinski definition) is 1. The molecule has 112 valence electrons. The van der Waals surface area contributed by atoms with E-state index >= 15 is 0 Å². The summed E-state index contributed by atoms with van der Waals surface area (Å²) >= 11 is 5.85. The van der Waals surface area contributed by atoms with Crippen molar-refractivity contribution < 1.29 is 14.0 Å². The summed E-state index contributed by atoms with van der Waals surface area (Å²) in [6, 6.07) is 4.79. The van der Waals surface area contributed by atoms with Gasteiger partial charge in [0.1, 0.15) is 5.82 Å². The van der Waals surface area contributed by atoms with Gasteiger partial charge in [-0.3, -0.25) is 14.9 Å². The van der Waals surface area contributed by atoms with Gasteiger partial charge < -0.3 is 0 Å². The van der Waals surface area contributed by atoms with Crippen LogP contribution in [0.5, 0.6) is 0 Å². The second kappa shape index (κ2) is 5.76. The summed E-state index contributed by atoms with van der Waals surface area (Å²) in [6.45, 7) is 0. The van der Waals surface area contributed by atoms with Crippen molar-refractivity contribution in [2.45, 2.75) is 38.0 Å². The zero-order chi connectivity index (χ0) is 15.0. The number of amides is 2. The van der Waals surface area contributed by atoms with E-state index in [1.54, 1.807) is 12.1 Å². The highest BCUT2D eigenvalue weighted by atomic mass is 35.5. The Labute approximate surface area is 127 Å². The first-order valence-electron chi connectivity index (χ1n) is 7.35. The molecule has 1 saturated carbocycles. The van der Waals surface area contributed by atoms with Crippen LogP contribution in [-0.2, 0) is 9.59 Å². The number of rotatable bonds is 2. The van der Waals surface area contributed by atoms with Crippen molar-refractivity contribution in [1.82, 2.24) is 5.32 Å². The molecule has 1 heterocycles. The minimum atomic E-state index is -0.505. The zero-order valence-corrected chi connectivity index (χ0v) is 12.3. The summed E-state index contributed by atoms with van der Waals surface area (Å²) in [7, 11) is 0. The van der Waals surface area contributed by atoms with Gasteiger partial charge in [-0.15, -0.1) is 0 Å². The van der Waals surface area contributed by atoms with Crippen LogP contribution in [0.1, 0.15) is 43.6 Å². The third kappa shape index (κ3) is 2.69. The normalized spacial score (nSPS) is 27.0. The summed E-state index contributed by atoms with van der Waals surface area (Å²) in [6.07, 6.45) is 4.25. The molecule has 2 amide bonds. The van der Waals surface area contributed by atoms with Crippen molar-refractivity contribution in [2.75, 3.05) is 0 Å². The highest BCUT2D eigenvalue weighted by Gasteiger charge is 2.43. The number of benzene rings is 1. The van der Waals surface area contributed by atoms with E-state index in [0.29, 0.717) is 5.56 Å². The first kappa shape index (κ1) is 14.5. The highest BCUT2D eigenvalue weighted by Crippen LogP contribution is 2.43. The second-order valence-corrected chi connectivity index (χ2v) is 6.34. The molecule has 2 unspecified atom stereocenters. The third-order valence-corrected chi connectivity index (χ3v) is 4.98. The molecule has 1 aliphatic carbocycles. The maximum Gasteiger partial charge on any atom is 0.230 e. The van der Waals surface area contributed by atoms with Crippen molar-refractivity contribution in [3.63, 3.8) is 0 Å². The van der Waals surface area contributed by atoms with Crippen LogP contribution in [0.4, 0.5) is 4.39 Å². The van der Waals surface area contributed by atoms with Crippen LogP contribution in [0.15, 0.2) is 18.2 Å². The summed E-state index contributed by atoms with van der Waals surface area (Å²) in [5.41, 5.74) is 0.391. The SMILES string of the molecule is O=C1CC(c2cccc(Cl)c2F)C(C2CCCC2)C(=O)N1. The summed E-state index contributed by atoms with van der Waals surface area (Å²) in [5.74, 6) is -1.62. The van der Waals surface area contributed by atoms with Crippen molar-refractivity contribution in [3.8, 4) is 0 Å². The molecular formula is C16H17ClFNO2. The molecule has 1 saturated heterocycles. The Kier molecular flexibility index (Phi) is 3.98. The molecule has 5 heteroatoms. The van der Waals surface area contributed by atoms with E-state index in [4.69, 9.17) is 11.6 Å². The van der Waals surface area contributed by atoms with E-state index in [1.165, 1.54) is 6.07 Å². The van der Waals surface area contributed by atoms with Crippen LogP contribution in [0.2, 0.25) is 5.02 Å². The summed E-state index contributed by atoms with van der Waals surface area (Å²) < 4.78 is 14.3. The Hall–Kier alpha value is -1.42. The number of carbonyl (C=O) groups excluding carboxylic acids is 2. The Morgan fingerprint density at radius 1 is 1.19 bits per heavy atom. The van der Waals surface area contributed by atoms with Crippen LogP contribution in [0.3, 0.4) is 0 Å². The zero-order valence-electron chi connectivity index (χ0n) is 11.6. The molecule has 1 aromatic rings. The van der Waals surface area contributed by atoms with Crippen LogP contribution < -0.4 is 5.32 Å². The van der Waals surface area contributed by atoms with E-state index in [-0.39, 0.29) is 35.1 Å². The smallest absolute Gasteiger partial charge is 0.230 e. The second-order valence-electron chi connectivity index (χ2n) is 5.94. The van der Waals surface area contributed by atoms with Gasteiger partial charge in [0.15, 0.2) is 0 Å². The van der Waals surface area contributed by atoms with Gasteiger partial charge in [0.05, 0.1) is 5.02 Å². The number of imide groups is 1. The molecule has 21 heavy (non-hydrogen) atoms. The van der Waals surface area contributed by atoms with Gasteiger partial charge in [0.25, 0.3) is 0 Å². The monoisotopic (exact) mass is 309 g/mol. The molecule has 0 bridgehead atoms. The standard InChI is InChI=1S/C16H17ClFNO2/c17-12-7-3-6-10(15(12)18)11-8-13(20)19-16(21)14(11)9-4-1-2-5-9/h3,6-7,9,11,14H,1-2,4-5,8H2,(H,19,20,21). The van der Waals surface area contributed by atoms with E-state index in [0.717, 1.165) is 25.7 Å². The fraction of sp³-hybridized carbons (Fsp3) is 0.500. The lowest BCUT2D eigenvalue weighted by Crippen LogP contribution is -2.47. The Bertz CT molecular complexity index is 584. The van der Waals surface area contributed by atoms with E-state index < -0.39 is 11.7 Å². The molecule has 0 spiro atoms. The van der Waals surface area contributed by atoms with Gasteiger partial charge in [0.2, 0.25) is 11.8 Å². The minimum absolute atomic E-state index is 0.0381. The van der Waals surface area contributed by atoms with Crippen molar-refractivity contribution in [1.29, 1.82) is 0 Å². The number of nitrogens with one attached hydrogen (secondary N) is 1. The minimum Gasteiger partial charge on any atom is -0.296 e. The lowest BCUT2D eigenvalue weighted by Gasteiger charge is -2.34. The van der Waals surface area contributed by atoms with Crippen molar-refractivity contribution >= 4 is 23.4 Å². The van der Waals surface area contributed by atoms with Crippen molar-refractivity contribution in [3.05, 3.63) is 34.6 Å². The molecule has 1 aliphatic heterocycles. The van der Waals surface area contributed by atoms with Gasteiger partial charge in [-0.25, -0.2) is 4.39 Å². The van der Waals surface area contributed by atoms with Crippen LogP contribution >= 0.6 is 11.6 Å². The largest absolute Gasteiger partial charge is 0.296 e. The average molecular weight is 310 g/mol. The quantitative estimate of drug-likeness (QED) is 0.851. The highest BCUT2D eigenvalue weighted by molar-refractivity contribution is 6.30. The van der Waals surface area contributed by atoms with Crippen LogP contribution in [0.25, 0.3) is 0 Å². The number of halogens is 2. The molecule has 0 aromatic heterocycles. The summed E-state index contributed by atoms with van der Waals surface area (Å²) in [5, 5.41) is 2.44.